The van der Waals surface area contributed by atoms with Crippen molar-refractivity contribution >= 4 is 28.5 Å². The van der Waals surface area contributed by atoms with Gasteiger partial charge >= 0.3 is 0 Å². The molecule has 1 heterocycles. The van der Waals surface area contributed by atoms with Crippen molar-refractivity contribution in [1.82, 2.24) is 14.9 Å². The third-order valence-corrected chi connectivity index (χ3v) is 6.04. The largest absolute Gasteiger partial charge is 0.494 e. The number of ether oxygens (including phenoxy) is 1. The lowest BCUT2D eigenvalue weighted by Gasteiger charge is -2.16. The van der Waals surface area contributed by atoms with Gasteiger partial charge in [0.1, 0.15) is 11.6 Å². The highest BCUT2D eigenvalue weighted by Gasteiger charge is 2.18. The van der Waals surface area contributed by atoms with Crippen LogP contribution in [0.25, 0.3) is 11.0 Å². The van der Waals surface area contributed by atoms with Crippen LogP contribution >= 0.6 is 11.6 Å². The van der Waals surface area contributed by atoms with Crippen LogP contribution in [0.1, 0.15) is 43.6 Å². The Morgan fingerprint density at radius 3 is 2.53 bits per heavy atom. The molecule has 1 aromatic heterocycles. The summed E-state index contributed by atoms with van der Waals surface area (Å²) in [6, 6.07) is 25.4. The van der Waals surface area contributed by atoms with Gasteiger partial charge in [-0.05, 0) is 68.1 Å². The number of imidazole rings is 1. The van der Waals surface area contributed by atoms with Crippen LogP contribution in [0.3, 0.4) is 0 Å². The van der Waals surface area contributed by atoms with Gasteiger partial charge in [-0.1, -0.05) is 54.1 Å². The molecule has 1 N–H and O–H groups in total. The molecule has 0 aliphatic heterocycles. The zero-order valence-electron chi connectivity index (χ0n) is 19.4. The van der Waals surface area contributed by atoms with Gasteiger partial charge < -0.3 is 14.6 Å². The Kier molecular flexibility index (Phi) is 8.21. The topological polar surface area (TPSA) is 56.2 Å². The van der Waals surface area contributed by atoms with Crippen molar-refractivity contribution in [3.8, 4) is 5.75 Å². The van der Waals surface area contributed by atoms with Crippen LogP contribution in [-0.2, 0) is 17.8 Å². The minimum Gasteiger partial charge on any atom is -0.494 e. The van der Waals surface area contributed by atoms with E-state index < -0.39 is 0 Å². The van der Waals surface area contributed by atoms with Gasteiger partial charge in [-0.15, -0.1) is 0 Å². The van der Waals surface area contributed by atoms with Gasteiger partial charge in [-0.3, -0.25) is 4.79 Å². The van der Waals surface area contributed by atoms with Crippen LogP contribution in [0.2, 0.25) is 5.02 Å². The van der Waals surface area contributed by atoms with Crippen molar-refractivity contribution in [2.75, 3.05) is 6.61 Å². The highest BCUT2D eigenvalue weighted by Crippen LogP contribution is 2.22. The SMILES string of the molecule is CC(NC(=O)CCc1ccccc1)c1nc2ccccc2n1CCCCOc1ccc(Cl)cc1. The summed E-state index contributed by atoms with van der Waals surface area (Å²) in [7, 11) is 0. The van der Waals surface area contributed by atoms with E-state index in [0.29, 0.717) is 18.1 Å². The number of amides is 1. The van der Waals surface area contributed by atoms with E-state index >= 15 is 0 Å². The zero-order valence-corrected chi connectivity index (χ0v) is 20.2. The number of aromatic nitrogens is 2. The summed E-state index contributed by atoms with van der Waals surface area (Å²) in [5.41, 5.74) is 3.19. The van der Waals surface area contributed by atoms with Crippen LogP contribution < -0.4 is 10.1 Å². The number of halogens is 1. The lowest BCUT2D eigenvalue weighted by atomic mass is 10.1. The molecule has 34 heavy (non-hydrogen) atoms. The van der Waals surface area contributed by atoms with Crippen LogP contribution in [0, 0.1) is 0 Å². The second-order valence-electron chi connectivity index (χ2n) is 8.39. The minimum atomic E-state index is -0.180. The number of hydrogen-bond donors (Lipinski definition) is 1. The zero-order chi connectivity index (χ0) is 23.8. The van der Waals surface area contributed by atoms with Gasteiger partial charge in [0.2, 0.25) is 5.91 Å². The van der Waals surface area contributed by atoms with Crippen LogP contribution in [-0.4, -0.2) is 22.1 Å². The lowest BCUT2D eigenvalue weighted by Crippen LogP contribution is -2.29. The highest BCUT2D eigenvalue weighted by molar-refractivity contribution is 6.30. The van der Waals surface area contributed by atoms with Gasteiger partial charge in [0.05, 0.1) is 23.7 Å². The summed E-state index contributed by atoms with van der Waals surface area (Å²) >= 11 is 5.93. The number of hydrogen-bond acceptors (Lipinski definition) is 3. The van der Waals surface area contributed by atoms with Crippen molar-refractivity contribution in [1.29, 1.82) is 0 Å². The van der Waals surface area contributed by atoms with Crippen molar-refractivity contribution < 1.29 is 9.53 Å². The summed E-state index contributed by atoms with van der Waals surface area (Å²) in [6.07, 6.45) is 3.03. The predicted octanol–water partition coefficient (Wildman–Crippen LogP) is 6.36. The van der Waals surface area contributed by atoms with Gasteiger partial charge in [0.15, 0.2) is 0 Å². The number of para-hydroxylation sites is 2. The number of nitrogens with zero attached hydrogens (tertiary/aromatic N) is 2. The van der Waals surface area contributed by atoms with Crippen molar-refractivity contribution in [2.45, 2.75) is 45.2 Å². The molecule has 176 valence electrons. The van der Waals surface area contributed by atoms with Crippen LogP contribution in [0.15, 0.2) is 78.9 Å². The van der Waals surface area contributed by atoms with Gasteiger partial charge in [0, 0.05) is 18.0 Å². The molecule has 5 nitrogen and oxygen atoms in total. The van der Waals surface area contributed by atoms with E-state index in [1.165, 1.54) is 5.56 Å². The van der Waals surface area contributed by atoms with E-state index in [4.69, 9.17) is 21.3 Å². The molecule has 1 atom stereocenters. The molecule has 0 aliphatic rings. The van der Waals surface area contributed by atoms with Crippen molar-refractivity contribution in [2.24, 2.45) is 0 Å². The number of aryl methyl sites for hydroxylation is 2. The lowest BCUT2D eigenvalue weighted by molar-refractivity contribution is -0.121. The van der Waals surface area contributed by atoms with Crippen molar-refractivity contribution in [3.63, 3.8) is 0 Å². The van der Waals surface area contributed by atoms with E-state index in [0.717, 1.165) is 48.4 Å². The molecular formula is C28H30ClN3O2. The summed E-state index contributed by atoms with van der Waals surface area (Å²) in [5.74, 6) is 1.74. The van der Waals surface area contributed by atoms with Gasteiger partial charge in [-0.2, -0.15) is 0 Å². The number of carbonyl (C=O) groups excluding carboxylic acids is 1. The number of nitrogens with one attached hydrogen (secondary N) is 1. The number of fused-ring (bicyclic) bond motifs is 1. The molecule has 3 aromatic carbocycles. The van der Waals surface area contributed by atoms with E-state index in [9.17, 15) is 4.79 Å². The molecule has 0 saturated heterocycles. The average molecular weight is 476 g/mol. The Labute approximate surface area is 205 Å². The number of unbranched alkanes of at least 4 members (excludes halogenated alkanes) is 1. The first-order valence-electron chi connectivity index (χ1n) is 11.8. The monoisotopic (exact) mass is 475 g/mol. The van der Waals surface area contributed by atoms with Crippen LogP contribution in [0.4, 0.5) is 0 Å². The summed E-state index contributed by atoms with van der Waals surface area (Å²) < 4.78 is 8.04. The highest BCUT2D eigenvalue weighted by atomic mass is 35.5. The molecule has 1 unspecified atom stereocenters. The summed E-state index contributed by atoms with van der Waals surface area (Å²) in [4.78, 5) is 17.5. The molecule has 0 aliphatic carbocycles. The van der Waals surface area contributed by atoms with Gasteiger partial charge in [0.25, 0.3) is 0 Å². The molecular weight excluding hydrogens is 446 g/mol. The standard InChI is InChI=1S/C28H30ClN3O2/c1-21(30-27(33)18-13-22-9-3-2-4-10-22)28-31-25-11-5-6-12-26(25)32(28)19-7-8-20-34-24-16-14-23(29)15-17-24/h2-6,9-12,14-17,21H,7-8,13,18-20H2,1H3,(H,30,33). The smallest absolute Gasteiger partial charge is 0.220 e. The molecule has 0 bridgehead atoms. The fraction of sp³-hybridized carbons (Fsp3) is 0.286. The Morgan fingerprint density at radius 2 is 1.74 bits per heavy atom. The number of benzene rings is 3. The number of carbonyl (C=O) groups is 1. The fourth-order valence-corrected chi connectivity index (χ4v) is 4.16. The maximum absolute atomic E-state index is 12.6. The predicted molar refractivity (Wildman–Crippen MR) is 137 cm³/mol. The maximum Gasteiger partial charge on any atom is 0.220 e. The summed E-state index contributed by atoms with van der Waals surface area (Å²) in [5, 5.41) is 3.84. The molecule has 1 amide bonds. The first-order chi connectivity index (χ1) is 16.6. The van der Waals surface area contributed by atoms with Gasteiger partial charge in [-0.25, -0.2) is 4.98 Å². The molecule has 4 aromatic rings. The third-order valence-electron chi connectivity index (χ3n) is 5.79. The second-order valence-corrected chi connectivity index (χ2v) is 8.83. The Bertz CT molecular complexity index is 1210. The molecule has 0 spiro atoms. The Morgan fingerprint density at radius 1 is 1.00 bits per heavy atom. The number of rotatable bonds is 11. The van der Waals surface area contributed by atoms with E-state index in [1.807, 2.05) is 79.7 Å². The minimum absolute atomic E-state index is 0.0336. The quantitative estimate of drug-likeness (QED) is 0.257. The van der Waals surface area contributed by atoms with E-state index in [-0.39, 0.29) is 11.9 Å². The second kappa shape index (κ2) is 11.7. The average Bonchev–Trinajstić information content (AvgIpc) is 3.23. The molecule has 4 rings (SSSR count). The van der Waals surface area contributed by atoms with Crippen molar-refractivity contribution in [3.05, 3.63) is 95.3 Å². The first-order valence-corrected chi connectivity index (χ1v) is 12.1. The maximum atomic E-state index is 12.6. The van der Waals surface area contributed by atoms with Crippen LogP contribution in [0.5, 0.6) is 5.75 Å². The normalized spacial score (nSPS) is 11.9. The fourth-order valence-electron chi connectivity index (χ4n) is 4.03. The Hall–Kier alpha value is -3.31. The first kappa shape index (κ1) is 23.8. The molecule has 0 radical (unpaired) electrons. The third kappa shape index (κ3) is 6.39. The molecule has 0 fully saturated rings. The van der Waals surface area contributed by atoms with E-state index in [1.54, 1.807) is 0 Å². The molecule has 6 heteroatoms. The summed E-state index contributed by atoms with van der Waals surface area (Å²) in [6.45, 7) is 3.45. The van der Waals surface area contributed by atoms with E-state index in [2.05, 4.69) is 16.0 Å². The Balaban J connectivity index is 1.35. The molecule has 0 saturated carbocycles.